The van der Waals surface area contributed by atoms with Crippen molar-refractivity contribution in [1.29, 1.82) is 0 Å². The summed E-state index contributed by atoms with van der Waals surface area (Å²) in [7, 11) is 0. The van der Waals surface area contributed by atoms with Crippen molar-refractivity contribution >= 4 is 21.6 Å². The van der Waals surface area contributed by atoms with Crippen LogP contribution >= 0.6 is 15.9 Å². The molecule has 100 valence electrons. The van der Waals surface area contributed by atoms with Gasteiger partial charge in [-0.1, -0.05) is 33.6 Å². The summed E-state index contributed by atoms with van der Waals surface area (Å²) in [6, 6.07) is 11.1. The number of rotatable bonds is 3. The molecule has 1 nitrogen and oxygen atoms in total. The maximum absolute atomic E-state index is 13.8. The molecule has 2 aromatic carbocycles. The molecule has 0 aromatic heterocycles. The van der Waals surface area contributed by atoms with Crippen LogP contribution < -0.4 is 5.32 Å². The molecule has 0 spiro atoms. The van der Waals surface area contributed by atoms with Crippen LogP contribution in [0.4, 0.5) is 10.1 Å². The number of hydrogen-bond donors (Lipinski definition) is 1. The van der Waals surface area contributed by atoms with E-state index in [-0.39, 0.29) is 11.9 Å². The van der Waals surface area contributed by atoms with Crippen molar-refractivity contribution in [2.75, 3.05) is 5.32 Å². The molecule has 0 aliphatic carbocycles. The van der Waals surface area contributed by atoms with E-state index in [1.165, 1.54) is 17.2 Å². The molecule has 0 aliphatic rings. The number of halogens is 2. The van der Waals surface area contributed by atoms with Gasteiger partial charge in [0.05, 0.1) is 6.04 Å². The standard InChI is InChI=1S/C16H17BrFN/c1-10-4-7-16(11(2)8-10)19-12(3)14-9-13(17)5-6-15(14)18/h4-9,12,19H,1-3H3. The first-order valence-electron chi connectivity index (χ1n) is 6.26. The van der Waals surface area contributed by atoms with Crippen molar-refractivity contribution in [3.05, 3.63) is 63.4 Å². The lowest BCUT2D eigenvalue weighted by Gasteiger charge is -2.18. The fourth-order valence-electron chi connectivity index (χ4n) is 2.13. The van der Waals surface area contributed by atoms with E-state index in [0.29, 0.717) is 5.56 Å². The molecule has 2 rings (SSSR count). The SMILES string of the molecule is Cc1ccc(NC(C)c2cc(Br)ccc2F)c(C)c1. The van der Waals surface area contributed by atoms with Crippen LogP contribution in [0.25, 0.3) is 0 Å². The lowest BCUT2D eigenvalue weighted by atomic mass is 10.1. The third-order valence-corrected chi connectivity index (χ3v) is 3.67. The van der Waals surface area contributed by atoms with Crippen LogP contribution in [-0.2, 0) is 0 Å². The van der Waals surface area contributed by atoms with Gasteiger partial charge in [-0.3, -0.25) is 0 Å². The largest absolute Gasteiger partial charge is 0.378 e. The maximum atomic E-state index is 13.8. The lowest BCUT2D eigenvalue weighted by Crippen LogP contribution is -2.09. The van der Waals surface area contributed by atoms with Gasteiger partial charge in [0.2, 0.25) is 0 Å². The molecule has 2 aromatic rings. The number of benzene rings is 2. The van der Waals surface area contributed by atoms with Gasteiger partial charge < -0.3 is 5.32 Å². The third kappa shape index (κ3) is 3.35. The Morgan fingerprint density at radius 1 is 1.11 bits per heavy atom. The van der Waals surface area contributed by atoms with Crippen LogP contribution in [0, 0.1) is 19.7 Å². The molecule has 0 heterocycles. The summed E-state index contributed by atoms with van der Waals surface area (Å²) in [5.41, 5.74) is 4.10. The monoisotopic (exact) mass is 321 g/mol. The summed E-state index contributed by atoms with van der Waals surface area (Å²) in [6.07, 6.45) is 0. The summed E-state index contributed by atoms with van der Waals surface area (Å²) in [6.45, 7) is 6.08. The summed E-state index contributed by atoms with van der Waals surface area (Å²) in [5, 5.41) is 3.36. The average molecular weight is 322 g/mol. The van der Waals surface area contributed by atoms with E-state index < -0.39 is 0 Å². The Hall–Kier alpha value is -1.35. The Morgan fingerprint density at radius 2 is 1.84 bits per heavy atom. The molecular weight excluding hydrogens is 305 g/mol. The molecule has 0 aliphatic heterocycles. The van der Waals surface area contributed by atoms with Crippen LogP contribution in [-0.4, -0.2) is 0 Å². The van der Waals surface area contributed by atoms with Gasteiger partial charge in [-0.25, -0.2) is 4.39 Å². The Morgan fingerprint density at radius 3 is 2.53 bits per heavy atom. The van der Waals surface area contributed by atoms with E-state index in [9.17, 15) is 4.39 Å². The first-order valence-corrected chi connectivity index (χ1v) is 7.05. The fraction of sp³-hybridized carbons (Fsp3) is 0.250. The number of hydrogen-bond acceptors (Lipinski definition) is 1. The predicted octanol–water partition coefficient (Wildman–Crippen LogP) is 5.38. The van der Waals surface area contributed by atoms with Crippen molar-refractivity contribution in [2.45, 2.75) is 26.8 Å². The second kappa shape index (κ2) is 5.74. The highest BCUT2D eigenvalue weighted by Crippen LogP contribution is 2.26. The minimum Gasteiger partial charge on any atom is -0.378 e. The zero-order chi connectivity index (χ0) is 14.0. The number of anilines is 1. The van der Waals surface area contributed by atoms with E-state index in [1.54, 1.807) is 6.07 Å². The highest BCUT2D eigenvalue weighted by molar-refractivity contribution is 9.10. The quantitative estimate of drug-likeness (QED) is 0.800. The van der Waals surface area contributed by atoms with E-state index >= 15 is 0 Å². The predicted molar refractivity (Wildman–Crippen MR) is 82.1 cm³/mol. The van der Waals surface area contributed by atoms with Crippen molar-refractivity contribution in [3.63, 3.8) is 0 Å². The Kier molecular flexibility index (Phi) is 4.25. The molecule has 0 radical (unpaired) electrons. The van der Waals surface area contributed by atoms with Crippen LogP contribution in [0.5, 0.6) is 0 Å². The summed E-state index contributed by atoms with van der Waals surface area (Å²) >= 11 is 3.38. The molecular formula is C16H17BrFN. The van der Waals surface area contributed by atoms with Gasteiger partial charge in [-0.2, -0.15) is 0 Å². The highest BCUT2D eigenvalue weighted by atomic mass is 79.9. The van der Waals surface area contributed by atoms with E-state index in [4.69, 9.17) is 0 Å². The van der Waals surface area contributed by atoms with Crippen LogP contribution in [0.15, 0.2) is 40.9 Å². The second-order valence-electron chi connectivity index (χ2n) is 4.85. The van der Waals surface area contributed by atoms with E-state index in [2.05, 4.69) is 47.2 Å². The van der Waals surface area contributed by atoms with E-state index in [1.807, 2.05) is 19.1 Å². The minimum atomic E-state index is -0.187. The third-order valence-electron chi connectivity index (χ3n) is 3.18. The minimum absolute atomic E-state index is 0.0843. The Bertz CT molecular complexity index is 595. The molecule has 0 amide bonds. The summed E-state index contributed by atoms with van der Waals surface area (Å²) in [4.78, 5) is 0. The summed E-state index contributed by atoms with van der Waals surface area (Å²) in [5.74, 6) is -0.187. The molecule has 19 heavy (non-hydrogen) atoms. The van der Waals surface area contributed by atoms with E-state index in [0.717, 1.165) is 10.2 Å². The van der Waals surface area contributed by atoms with Gasteiger partial charge in [0.1, 0.15) is 5.82 Å². The van der Waals surface area contributed by atoms with Crippen molar-refractivity contribution < 1.29 is 4.39 Å². The number of aryl methyl sites for hydroxylation is 2. The zero-order valence-electron chi connectivity index (χ0n) is 11.3. The Labute approximate surface area is 122 Å². The smallest absolute Gasteiger partial charge is 0.128 e. The molecule has 0 bridgehead atoms. The van der Waals surface area contributed by atoms with Gasteiger partial charge in [0.25, 0.3) is 0 Å². The molecule has 1 unspecified atom stereocenters. The molecule has 1 atom stereocenters. The van der Waals surface area contributed by atoms with Gasteiger partial charge in [0.15, 0.2) is 0 Å². The Balaban J connectivity index is 2.25. The van der Waals surface area contributed by atoms with Crippen molar-refractivity contribution in [2.24, 2.45) is 0 Å². The second-order valence-corrected chi connectivity index (χ2v) is 5.77. The van der Waals surface area contributed by atoms with Crippen LogP contribution in [0.3, 0.4) is 0 Å². The van der Waals surface area contributed by atoms with Gasteiger partial charge in [-0.15, -0.1) is 0 Å². The molecule has 0 fully saturated rings. The van der Waals surface area contributed by atoms with Crippen molar-refractivity contribution in [3.8, 4) is 0 Å². The fourth-order valence-corrected chi connectivity index (χ4v) is 2.51. The van der Waals surface area contributed by atoms with Crippen LogP contribution in [0.1, 0.15) is 29.7 Å². The van der Waals surface area contributed by atoms with Gasteiger partial charge in [0, 0.05) is 15.7 Å². The van der Waals surface area contributed by atoms with Gasteiger partial charge >= 0.3 is 0 Å². The molecule has 1 N–H and O–H groups in total. The first kappa shape index (κ1) is 14.1. The van der Waals surface area contributed by atoms with Crippen LogP contribution in [0.2, 0.25) is 0 Å². The average Bonchev–Trinajstić information content (AvgIpc) is 2.35. The molecule has 0 saturated carbocycles. The zero-order valence-corrected chi connectivity index (χ0v) is 12.9. The topological polar surface area (TPSA) is 12.0 Å². The normalized spacial score (nSPS) is 12.3. The number of nitrogens with one attached hydrogen (secondary N) is 1. The van der Waals surface area contributed by atoms with Crippen molar-refractivity contribution in [1.82, 2.24) is 0 Å². The first-order chi connectivity index (χ1) is 8.97. The highest BCUT2D eigenvalue weighted by Gasteiger charge is 2.12. The lowest BCUT2D eigenvalue weighted by molar-refractivity contribution is 0.600. The summed E-state index contributed by atoms with van der Waals surface area (Å²) < 4.78 is 14.7. The maximum Gasteiger partial charge on any atom is 0.128 e. The molecule has 3 heteroatoms. The van der Waals surface area contributed by atoms with Gasteiger partial charge in [-0.05, 0) is 50.6 Å². The molecule has 0 saturated heterocycles.